The second-order valence-corrected chi connectivity index (χ2v) is 18.4. The first kappa shape index (κ1) is 54.5. The van der Waals surface area contributed by atoms with Gasteiger partial charge in [0.25, 0.3) is 0 Å². The Morgan fingerprint density at radius 3 is 2.03 bits per heavy atom. The van der Waals surface area contributed by atoms with Crippen molar-refractivity contribution < 1.29 is 58.1 Å². The molecule has 2 bridgehead atoms. The predicted molar refractivity (Wildman–Crippen MR) is 241 cm³/mol. The molecule has 0 spiro atoms. The lowest BCUT2D eigenvalue weighted by Crippen LogP contribution is -2.66. The van der Waals surface area contributed by atoms with Crippen LogP contribution in [0.3, 0.4) is 0 Å². The van der Waals surface area contributed by atoms with E-state index in [1.54, 1.807) is 67.5 Å². The molecule has 2 heterocycles. The molecule has 368 valence electrons. The fraction of sp³-hybridized carbons (Fsp3) is 0.674. The van der Waals surface area contributed by atoms with Crippen molar-refractivity contribution in [2.75, 3.05) is 7.05 Å². The van der Waals surface area contributed by atoms with Crippen LogP contribution in [0.5, 0.6) is 5.75 Å². The van der Waals surface area contributed by atoms with Gasteiger partial charge in [-0.3, -0.25) is 38.4 Å². The third kappa shape index (κ3) is 14.6. The van der Waals surface area contributed by atoms with Gasteiger partial charge in [0, 0.05) is 25.8 Å². The van der Waals surface area contributed by atoms with E-state index in [0.717, 1.165) is 9.80 Å². The zero-order valence-corrected chi connectivity index (χ0v) is 39.9. The van der Waals surface area contributed by atoms with Crippen molar-refractivity contribution in [2.45, 2.75) is 168 Å². The lowest BCUT2D eigenvalue weighted by molar-refractivity contribution is -0.168. The minimum atomic E-state index is -1.74. The molecule has 8 amide bonds. The SMILES string of the molecule is CC[C@H](C)[C@@H]1NC(=O)[C@H](Cc2ccc(O)cc2)N(C)C(=O)[C@H]([C@@H](C)CC)N2C(=O)[C@H](CC[C@H]2O)NC(=O)[C@H](CC(C)C)NC(=O)[C@@H](NC(=O)[C@H](CCC(N)=O)NC(=O)C(C)C)[C@@H](C)OC1=O. The van der Waals surface area contributed by atoms with Crippen LogP contribution in [0.15, 0.2) is 24.3 Å². The summed E-state index contributed by atoms with van der Waals surface area (Å²) in [7, 11) is 1.38. The van der Waals surface area contributed by atoms with Gasteiger partial charge in [-0.25, -0.2) is 4.79 Å². The smallest absolute Gasteiger partial charge is 0.329 e. The molecule has 0 saturated carbocycles. The number of carbonyl (C=O) groups excluding carboxylic acids is 9. The predicted octanol–water partition coefficient (Wildman–Crippen LogP) is 0.500. The number of piperidine rings is 1. The Labute approximate surface area is 387 Å². The first-order valence-electron chi connectivity index (χ1n) is 23.0. The normalized spacial score (nSPS) is 26.4. The van der Waals surface area contributed by atoms with Crippen LogP contribution >= 0.6 is 0 Å². The van der Waals surface area contributed by atoms with Crippen LogP contribution in [0, 0.1) is 23.7 Å². The van der Waals surface area contributed by atoms with E-state index < -0.39 is 126 Å². The number of esters is 1. The van der Waals surface area contributed by atoms with Gasteiger partial charge in [0.1, 0.15) is 60.4 Å². The Morgan fingerprint density at radius 2 is 1.47 bits per heavy atom. The number of fused-ring (bicyclic) bond motifs is 2. The van der Waals surface area contributed by atoms with Crippen molar-refractivity contribution in [3.05, 3.63) is 29.8 Å². The first-order valence-corrected chi connectivity index (χ1v) is 23.0. The number of amides is 8. The summed E-state index contributed by atoms with van der Waals surface area (Å²) >= 11 is 0. The van der Waals surface area contributed by atoms with Gasteiger partial charge in [-0.1, -0.05) is 80.4 Å². The second kappa shape index (κ2) is 24.7. The Bertz CT molecular complexity index is 1910. The number of phenolic OH excluding ortho intramolecular Hbond substituents is 1. The van der Waals surface area contributed by atoms with Crippen LogP contribution in [0.4, 0.5) is 0 Å². The largest absolute Gasteiger partial charge is 0.508 e. The topological polar surface area (TPSA) is 296 Å². The highest BCUT2D eigenvalue weighted by molar-refractivity contribution is 5.98. The summed E-state index contributed by atoms with van der Waals surface area (Å²) in [5, 5.41) is 34.7. The Balaban J connectivity index is 2.27. The number of ether oxygens (including phenoxy) is 1. The Kier molecular flexibility index (Phi) is 20.4. The van der Waals surface area contributed by atoms with Crippen molar-refractivity contribution in [1.82, 2.24) is 36.4 Å². The molecular formula is C46H72N8O12. The molecule has 2 aliphatic heterocycles. The van der Waals surface area contributed by atoms with Gasteiger partial charge in [-0.05, 0) is 68.1 Å². The van der Waals surface area contributed by atoms with E-state index in [1.807, 2.05) is 0 Å². The number of cyclic esters (lactones) is 1. The number of hydrogen-bond acceptors (Lipinski definition) is 12. The van der Waals surface area contributed by atoms with Crippen LogP contribution in [0.2, 0.25) is 0 Å². The fourth-order valence-corrected chi connectivity index (χ4v) is 7.87. The van der Waals surface area contributed by atoms with E-state index in [2.05, 4.69) is 26.6 Å². The fourth-order valence-electron chi connectivity index (χ4n) is 7.87. The van der Waals surface area contributed by atoms with E-state index in [0.29, 0.717) is 18.4 Å². The molecule has 0 aliphatic carbocycles. The number of phenols is 1. The maximum absolute atomic E-state index is 14.9. The van der Waals surface area contributed by atoms with Crippen molar-refractivity contribution >= 4 is 53.2 Å². The number of primary amides is 1. The van der Waals surface area contributed by atoms with E-state index in [9.17, 15) is 53.4 Å². The minimum absolute atomic E-state index is 0.0226. The number of aliphatic hydroxyl groups excluding tert-OH is 1. The van der Waals surface area contributed by atoms with Crippen molar-refractivity contribution in [2.24, 2.45) is 29.4 Å². The summed E-state index contributed by atoms with van der Waals surface area (Å²) in [5.74, 6) is -9.27. The molecule has 2 aliphatic rings. The van der Waals surface area contributed by atoms with Crippen LogP contribution < -0.4 is 32.3 Å². The summed E-state index contributed by atoms with van der Waals surface area (Å²) in [6.45, 7) is 15.0. The number of benzene rings is 1. The number of nitrogens with two attached hydrogens (primary N) is 1. The van der Waals surface area contributed by atoms with Gasteiger partial charge in [-0.2, -0.15) is 0 Å². The molecular weight excluding hydrogens is 857 g/mol. The molecule has 1 aromatic carbocycles. The Hall–Kier alpha value is -5.79. The molecule has 0 unspecified atom stereocenters. The molecule has 0 aromatic heterocycles. The van der Waals surface area contributed by atoms with Gasteiger partial charge < -0.3 is 57.1 Å². The number of rotatable bonds is 15. The molecule has 3 rings (SSSR count). The van der Waals surface area contributed by atoms with Gasteiger partial charge in [0.2, 0.25) is 47.3 Å². The van der Waals surface area contributed by atoms with Gasteiger partial charge in [-0.15, -0.1) is 0 Å². The summed E-state index contributed by atoms with van der Waals surface area (Å²) in [6, 6.07) is -3.79. The van der Waals surface area contributed by atoms with Crippen LogP contribution in [-0.4, -0.2) is 135 Å². The first-order chi connectivity index (χ1) is 30.9. The molecule has 11 atom stereocenters. The molecule has 2 saturated heterocycles. The van der Waals surface area contributed by atoms with Crippen molar-refractivity contribution in [3.63, 3.8) is 0 Å². The number of nitrogens with one attached hydrogen (secondary N) is 5. The summed E-state index contributed by atoms with van der Waals surface area (Å²) in [5.41, 5.74) is 5.90. The maximum atomic E-state index is 14.9. The number of likely N-dealkylation sites (N-methyl/N-ethyl adjacent to an activating group) is 1. The van der Waals surface area contributed by atoms with Gasteiger partial charge in [0.05, 0.1) is 0 Å². The highest BCUT2D eigenvalue weighted by atomic mass is 16.5. The average molecular weight is 929 g/mol. The number of aromatic hydroxyl groups is 1. The average Bonchev–Trinajstić information content (AvgIpc) is 3.25. The molecule has 2 fully saturated rings. The summed E-state index contributed by atoms with van der Waals surface area (Å²) < 4.78 is 5.91. The third-order valence-corrected chi connectivity index (χ3v) is 12.4. The van der Waals surface area contributed by atoms with Gasteiger partial charge >= 0.3 is 5.97 Å². The number of nitrogens with zero attached hydrogens (tertiary/aromatic N) is 2. The molecule has 20 nitrogen and oxygen atoms in total. The standard InChI is InChI=1S/C46H72N8O12/c1-11-25(7)36-46(65)66-27(9)37(52-40(59)30(17-19-34(47)56)48-39(58)24(5)6)43(62)50-32(21-23(3)4)41(60)49-31-18-20-35(57)54(44(31)63)38(26(8)12-2)45(64)53(10)33(42(61)51-36)22-28-13-15-29(55)16-14-28/h13-16,23-27,30-33,35-38,55,57H,11-12,17-22H2,1-10H3,(H2,47,56)(H,48,58)(H,49,60)(H,50,62)(H,51,61)(H,52,59)/t25-,26-,27+,30-,31-,32-,33-,35+,36-,37-,38-/m0/s1. The summed E-state index contributed by atoms with van der Waals surface area (Å²) in [6.07, 6.45) is -2.95. The highest BCUT2D eigenvalue weighted by Crippen LogP contribution is 2.28. The van der Waals surface area contributed by atoms with E-state index in [4.69, 9.17) is 10.5 Å². The Morgan fingerprint density at radius 1 is 0.848 bits per heavy atom. The lowest BCUT2D eigenvalue weighted by Gasteiger charge is -2.44. The molecule has 9 N–H and O–H groups in total. The van der Waals surface area contributed by atoms with Crippen molar-refractivity contribution in [3.8, 4) is 5.75 Å². The summed E-state index contributed by atoms with van der Waals surface area (Å²) in [4.78, 5) is 128. The zero-order chi connectivity index (χ0) is 49.7. The second-order valence-electron chi connectivity index (χ2n) is 18.4. The quantitative estimate of drug-likeness (QED) is 0.112. The van der Waals surface area contributed by atoms with E-state index >= 15 is 0 Å². The van der Waals surface area contributed by atoms with E-state index in [1.165, 1.54) is 26.1 Å². The zero-order valence-electron chi connectivity index (χ0n) is 39.9. The highest BCUT2D eigenvalue weighted by Gasteiger charge is 2.47. The van der Waals surface area contributed by atoms with Crippen LogP contribution in [0.25, 0.3) is 0 Å². The maximum Gasteiger partial charge on any atom is 0.329 e. The molecule has 66 heavy (non-hydrogen) atoms. The molecule has 0 radical (unpaired) electrons. The number of carbonyl (C=O) groups is 9. The van der Waals surface area contributed by atoms with Crippen molar-refractivity contribution in [1.29, 1.82) is 0 Å². The van der Waals surface area contributed by atoms with Crippen LogP contribution in [0.1, 0.15) is 113 Å². The van der Waals surface area contributed by atoms with Gasteiger partial charge in [0.15, 0.2) is 0 Å². The number of hydrogen-bond donors (Lipinski definition) is 8. The lowest BCUT2D eigenvalue weighted by atomic mass is 9.91. The van der Waals surface area contributed by atoms with Crippen LogP contribution in [-0.2, 0) is 54.3 Å². The number of aliphatic hydroxyl groups is 1. The minimum Gasteiger partial charge on any atom is -0.508 e. The molecule has 20 heteroatoms. The monoisotopic (exact) mass is 929 g/mol. The molecule has 1 aromatic rings. The third-order valence-electron chi connectivity index (χ3n) is 12.4. The van der Waals surface area contributed by atoms with E-state index in [-0.39, 0.29) is 50.2 Å².